The lowest BCUT2D eigenvalue weighted by molar-refractivity contribution is -0.0128. The van der Waals surface area contributed by atoms with Crippen molar-refractivity contribution in [3.05, 3.63) is 46.3 Å². The molecule has 1 aromatic heterocycles. The minimum absolute atomic E-state index is 0.110. The number of hydrogen-bond acceptors (Lipinski definition) is 1. The highest BCUT2D eigenvalue weighted by atomic mass is 19.3. The Labute approximate surface area is 123 Å². The molecule has 21 heavy (non-hydrogen) atoms. The predicted octanol–water partition coefficient (Wildman–Crippen LogP) is 4.23. The number of phenolic OH excluding ortho intramolecular Hbond substituents is 1. The monoisotopic (exact) mass is 291 g/mol. The largest absolute Gasteiger partial charge is 0.508 e. The lowest BCUT2D eigenvalue weighted by Crippen LogP contribution is -2.26. The zero-order chi connectivity index (χ0) is 15.4. The van der Waals surface area contributed by atoms with E-state index in [-0.39, 0.29) is 18.6 Å². The SMILES string of the molecule is Cc1ccc(-n2c(C)c(C)c3c2CCC(F)(F)C3)cc1O. The summed E-state index contributed by atoms with van der Waals surface area (Å²) < 4.78 is 29.4. The van der Waals surface area contributed by atoms with Crippen molar-refractivity contribution in [2.24, 2.45) is 0 Å². The van der Waals surface area contributed by atoms with Crippen LogP contribution >= 0.6 is 0 Å². The van der Waals surface area contributed by atoms with Crippen molar-refractivity contribution >= 4 is 0 Å². The van der Waals surface area contributed by atoms with E-state index in [0.717, 1.165) is 33.8 Å². The molecule has 3 rings (SSSR count). The van der Waals surface area contributed by atoms with Crippen LogP contribution in [-0.2, 0) is 12.8 Å². The van der Waals surface area contributed by atoms with Crippen LogP contribution in [0.2, 0.25) is 0 Å². The van der Waals surface area contributed by atoms with E-state index in [2.05, 4.69) is 0 Å². The molecule has 0 saturated carbocycles. The number of hydrogen-bond donors (Lipinski definition) is 1. The molecule has 0 saturated heterocycles. The molecule has 0 atom stereocenters. The molecule has 1 aromatic carbocycles. The number of fused-ring (bicyclic) bond motifs is 1. The van der Waals surface area contributed by atoms with E-state index in [1.165, 1.54) is 0 Å². The number of alkyl halides is 2. The molecule has 0 amide bonds. The summed E-state index contributed by atoms with van der Waals surface area (Å²) in [5, 5.41) is 9.91. The first-order valence-corrected chi connectivity index (χ1v) is 7.17. The van der Waals surface area contributed by atoms with Gasteiger partial charge < -0.3 is 9.67 Å². The Kier molecular flexibility index (Phi) is 3.08. The Morgan fingerprint density at radius 2 is 1.90 bits per heavy atom. The number of benzene rings is 1. The van der Waals surface area contributed by atoms with Crippen molar-refractivity contribution in [1.82, 2.24) is 4.57 Å². The van der Waals surface area contributed by atoms with Crippen LogP contribution in [0.4, 0.5) is 8.78 Å². The summed E-state index contributed by atoms with van der Waals surface area (Å²) in [6.07, 6.45) is 0.0756. The van der Waals surface area contributed by atoms with Crippen LogP contribution in [0.1, 0.15) is 34.5 Å². The highest BCUT2D eigenvalue weighted by molar-refractivity contribution is 5.51. The fourth-order valence-corrected chi connectivity index (χ4v) is 3.17. The van der Waals surface area contributed by atoms with Gasteiger partial charge in [0.2, 0.25) is 0 Å². The van der Waals surface area contributed by atoms with E-state index in [9.17, 15) is 13.9 Å². The van der Waals surface area contributed by atoms with Crippen molar-refractivity contribution in [3.63, 3.8) is 0 Å². The molecule has 1 aliphatic rings. The summed E-state index contributed by atoms with van der Waals surface area (Å²) in [5.74, 6) is -2.38. The van der Waals surface area contributed by atoms with Crippen molar-refractivity contribution < 1.29 is 13.9 Å². The Hall–Kier alpha value is -1.84. The fourth-order valence-electron chi connectivity index (χ4n) is 3.17. The maximum atomic E-state index is 13.7. The van der Waals surface area contributed by atoms with Crippen LogP contribution in [0, 0.1) is 20.8 Å². The molecule has 0 fully saturated rings. The fraction of sp³-hybridized carbons (Fsp3) is 0.412. The van der Waals surface area contributed by atoms with Gasteiger partial charge in [-0.25, -0.2) is 8.78 Å². The van der Waals surface area contributed by atoms with E-state index in [1.54, 1.807) is 6.07 Å². The molecule has 112 valence electrons. The first kappa shape index (κ1) is 14.1. The zero-order valence-corrected chi connectivity index (χ0v) is 12.5. The molecule has 4 heteroatoms. The standard InChI is InChI=1S/C17H19F2NO/c1-10-4-5-13(8-16(10)21)20-12(3)11(2)14-9-17(18,19)7-6-15(14)20/h4-5,8,21H,6-7,9H2,1-3H3. The minimum Gasteiger partial charge on any atom is -0.508 e. The molecular weight excluding hydrogens is 272 g/mol. The summed E-state index contributed by atoms with van der Waals surface area (Å²) in [6.45, 7) is 5.69. The molecule has 0 radical (unpaired) electrons. The van der Waals surface area contributed by atoms with Gasteiger partial charge in [-0.15, -0.1) is 0 Å². The van der Waals surface area contributed by atoms with Crippen molar-refractivity contribution in [2.75, 3.05) is 0 Å². The van der Waals surface area contributed by atoms with Crippen LogP contribution in [0.15, 0.2) is 18.2 Å². The highest BCUT2D eigenvalue weighted by Crippen LogP contribution is 2.38. The molecule has 2 nitrogen and oxygen atoms in total. The van der Waals surface area contributed by atoms with Crippen molar-refractivity contribution in [1.29, 1.82) is 0 Å². The van der Waals surface area contributed by atoms with Gasteiger partial charge >= 0.3 is 0 Å². The van der Waals surface area contributed by atoms with Crippen molar-refractivity contribution in [3.8, 4) is 11.4 Å². The topological polar surface area (TPSA) is 25.2 Å². The Morgan fingerprint density at radius 3 is 2.57 bits per heavy atom. The Morgan fingerprint density at radius 1 is 1.19 bits per heavy atom. The first-order chi connectivity index (χ1) is 9.80. The number of phenols is 1. The third kappa shape index (κ3) is 2.23. The van der Waals surface area contributed by atoms with E-state index in [0.29, 0.717) is 6.42 Å². The first-order valence-electron chi connectivity index (χ1n) is 7.17. The minimum atomic E-state index is -2.61. The molecule has 1 N–H and O–H groups in total. The number of aromatic hydroxyl groups is 1. The van der Waals surface area contributed by atoms with Gasteiger partial charge in [-0.05, 0) is 49.9 Å². The predicted molar refractivity (Wildman–Crippen MR) is 78.6 cm³/mol. The van der Waals surface area contributed by atoms with Crippen LogP contribution in [0.25, 0.3) is 5.69 Å². The van der Waals surface area contributed by atoms with Crippen LogP contribution in [-0.4, -0.2) is 15.6 Å². The van der Waals surface area contributed by atoms with Gasteiger partial charge in [-0.2, -0.15) is 0 Å². The maximum absolute atomic E-state index is 13.7. The number of nitrogens with zero attached hydrogens (tertiary/aromatic N) is 1. The summed E-state index contributed by atoms with van der Waals surface area (Å²) in [7, 11) is 0. The number of halogens is 2. The van der Waals surface area contributed by atoms with Gasteiger partial charge in [0.1, 0.15) is 5.75 Å². The van der Waals surface area contributed by atoms with Gasteiger partial charge in [0.25, 0.3) is 5.92 Å². The molecule has 0 bridgehead atoms. The van der Waals surface area contributed by atoms with Gasteiger partial charge in [-0.3, -0.25) is 0 Å². The molecule has 2 aromatic rings. The number of rotatable bonds is 1. The summed E-state index contributed by atoms with van der Waals surface area (Å²) >= 11 is 0. The molecule has 1 aliphatic carbocycles. The number of aromatic nitrogens is 1. The van der Waals surface area contributed by atoms with E-state index in [1.807, 2.05) is 37.5 Å². The molecule has 0 unspecified atom stereocenters. The van der Waals surface area contributed by atoms with Gasteiger partial charge in [0.05, 0.1) is 0 Å². The third-order valence-corrected chi connectivity index (χ3v) is 4.56. The summed E-state index contributed by atoms with van der Waals surface area (Å²) in [5.41, 5.74) is 5.28. The lowest BCUT2D eigenvalue weighted by atomic mass is 9.92. The second-order valence-corrected chi connectivity index (χ2v) is 5.97. The molecular formula is C17H19F2NO. The van der Waals surface area contributed by atoms with Gasteiger partial charge in [0.15, 0.2) is 0 Å². The molecule has 1 heterocycles. The number of aryl methyl sites for hydroxylation is 1. The molecule has 0 spiro atoms. The highest BCUT2D eigenvalue weighted by Gasteiger charge is 2.37. The third-order valence-electron chi connectivity index (χ3n) is 4.56. The van der Waals surface area contributed by atoms with Crippen LogP contribution < -0.4 is 0 Å². The van der Waals surface area contributed by atoms with Crippen molar-refractivity contribution in [2.45, 2.75) is 46.0 Å². The van der Waals surface area contributed by atoms with Gasteiger partial charge in [-0.1, -0.05) is 6.07 Å². The van der Waals surface area contributed by atoms with E-state index < -0.39 is 5.92 Å². The second-order valence-electron chi connectivity index (χ2n) is 5.97. The van der Waals surface area contributed by atoms with E-state index in [4.69, 9.17) is 0 Å². The Balaban J connectivity index is 2.18. The maximum Gasteiger partial charge on any atom is 0.252 e. The molecule has 0 aliphatic heterocycles. The normalized spacial score (nSPS) is 16.8. The summed E-state index contributed by atoms with van der Waals surface area (Å²) in [6, 6.07) is 5.48. The zero-order valence-electron chi connectivity index (χ0n) is 12.5. The Bertz CT molecular complexity index is 716. The van der Waals surface area contributed by atoms with E-state index >= 15 is 0 Å². The average Bonchev–Trinajstić information content (AvgIpc) is 2.65. The average molecular weight is 291 g/mol. The summed E-state index contributed by atoms with van der Waals surface area (Å²) in [4.78, 5) is 0. The van der Waals surface area contributed by atoms with Crippen LogP contribution in [0.5, 0.6) is 5.75 Å². The quantitative estimate of drug-likeness (QED) is 0.835. The smallest absolute Gasteiger partial charge is 0.252 e. The second kappa shape index (κ2) is 4.58. The van der Waals surface area contributed by atoms with Crippen LogP contribution in [0.3, 0.4) is 0 Å². The lowest BCUT2D eigenvalue weighted by Gasteiger charge is -2.24. The van der Waals surface area contributed by atoms with Gasteiger partial charge in [0, 0.05) is 36.0 Å².